The van der Waals surface area contributed by atoms with Crippen LogP contribution in [-0.2, 0) is 34.6 Å². The molecule has 174 valence electrons. The number of hydrogen-bond acceptors (Lipinski definition) is 5. The quantitative estimate of drug-likeness (QED) is 0.384. The highest BCUT2D eigenvalue weighted by atomic mass is 16.6. The topological polar surface area (TPSA) is 51.7 Å². The number of rotatable bonds is 10. The van der Waals surface area contributed by atoms with Gasteiger partial charge in [0.25, 0.3) is 0 Å². The second-order valence-corrected chi connectivity index (χ2v) is 9.19. The van der Waals surface area contributed by atoms with Crippen molar-refractivity contribution in [3.63, 3.8) is 0 Å². The second-order valence-electron chi connectivity index (χ2n) is 9.19. The van der Waals surface area contributed by atoms with Crippen LogP contribution in [-0.4, -0.2) is 29.1 Å². The summed E-state index contributed by atoms with van der Waals surface area (Å²) in [5.41, 5.74) is 5.01. The lowest BCUT2D eigenvalue weighted by Gasteiger charge is -2.24. The summed E-state index contributed by atoms with van der Waals surface area (Å²) in [5.74, 6) is 0.302. The van der Waals surface area contributed by atoms with Crippen molar-refractivity contribution in [1.29, 1.82) is 0 Å². The van der Waals surface area contributed by atoms with Crippen molar-refractivity contribution in [2.45, 2.75) is 52.7 Å². The van der Waals surface area contributed by atoms with Crippen LogP contribution in [0, 0.1) is 0 Å². The van der Waals surface area contributed by atoms with Gasteiger partial charge in [-0.25, -0.2) is 4.79 Å². The molecule has 0 aliphatic rings. The molecule has 0 atom stereocenters. The normalized spacial score (nSPS) is 11.4. The van der Waals surface area contributed by atoms with E-state index in [1.54, 1.807) is 13.1 Å². The number of esters is 1. The van der Waals surface area contributed by atoms with Gasteiger partial charge in [0, 0.05) is 32.0 Å². The standard InChI is InChI=1S/C28H34N2O3/c1-5-32-27(31)21-33-26-10-6-8-23(16-26)19-30(20-24-9-7-15-29-17-24)18-22-11-13-25(14-12-22)28(2,3)4/h6-17H,5,18-21H2,1-4H3. The third kappa shape index (κ3) is 8.03. The van der Waals surface area contributed by atoms with Crippen molar-refractivity contribution in [2.75, 3.05) is 13.2 Å². The lowest BCUT2D eigenvalue weighted by atomic mass is 9.87. The molecule has 1 heterocycles. The van der Waals surface area contributed by atoms with Crippen LogP contribution in [0.3, 0.4) is 0 Å². The number of carbonyl (C=O) groups excluding carboxylic acids is 1. The van der Waals surface area contributed by atoms with Crippen LogP contribution < -0.4 is 4.74 Å². The van der Waals surface area contributed by atoms with Crippen LogP contribution in [0.25, 0.3) is 0 Å². The average molecular weight is 447 g/mol. The molecule has 0 amide bonds. The molecule has 0 bridgehead atoms. The van der Waals surface area contributed by atoms with Crippen LogP contribution in [0.2, 0.25) is 0 Å². The molecule has 3 aromatic rings. The summed E-state index contributed by atoms with van der Waals surface area (Å²) in [6, 6.07) is 20.8. The van der Waals surface area contributed by atoms with E-state index < -0.39 is 0 Å². The van der Waals surface area contributed by atoms with Crippen molar-refractivity contribution in [1.82, 2.24) is 9.88 Å². The fourth-order valence-corrected chi connectivity index (χ4v) is 3.62. The molecule has 5 nitrogen and oxygen atoms in total. The van der Waals surface area contributed by atoms with Crippen LogP contribution in [0.15, 0.2) is 73.1 Å². The molecular formula is C28H34N2O3. The number of carbonyl (C=O) groups is 1. The van der Waals surface area contributed by atoms with Crippen LogP contribution >= 0.6 is 0 Å². The van der Waals surface area contributed by atoms with E-state index in [1.807, 2.05) is 30.5 Å². The van der Waals surface area contributed by atoms with Gasteiger partial charge < -0.3 is 9.47 Å². The van der Waals surface area contributed by atoms with E-state index in [9.17, 15) is 4.79 Å². The average Bonchev–Trinajstić information content (AvgIpc) is 2.79. The minimum atomic E-state index is -0.361. The zero-order chi connectivity index (χ0) is 23.7. The largest absolute Gasteiger partial charge is 0.482 e. The smallest absolute Gasteiger partial charge is 0.344 e. The Morgan fingerprint density at radius 2 is 1.61 bits per heavy atom. The van der Waals surface area contributed by atoms with Gasteiger partial charge in [-0.05, 0) is 52.8 Å². The third-order valence-corrected chi connectivity index (χ3v) is 5.32. The highest BCUT2D eigenvalue weighted by molar-refractivity contribution is 5.71. The maximum absolute atomic E-state index is 11.6. The Bertz CT molecular complexity index is 1010. The summed E-state index contributed by atoms with van der Waals surface area (Å²) < 4.78 is 10.6. The van der Waals surface area contributed by atoms with Crippen molar-refractivity contribution >= 4 is 5.97 Å². The molecule has 0 N–H and O–H groups in total. The fourth-order valence-electron chi connectivity index (χ4n) is 3.62. The monoisotopic (exact) mass is 446 g/mol. The first-order valence-corrected chi connectivity index (χ1v) is 11.4. The Morgan fingerprint density at radius 1 is 0.909 bits per heavy atom. The van der Waals surface area contributed by atoms with Gasteiger partial charge in [-0.15, -0.1) is 0 Å². The lowest BCUT2D eigenvalue weighted by molar-refractivity contribution is -0.145. The zero-order valence-electron chi connectivity index (χ0n) is 20.1. The predicted molar refractivity (Wildman–Crippen MR) is 131 cm³/mol. The number of benzene rings is 2. The molecule has 33 heavy (non-hydrogen) atoms. The Morgan fingerprint density at radius 3 is 2.27 bits per heavy atom. The van der Waals surface area contributed by atoms with Gasteiger partial charge in [0.2, 0.25) is 0 Å². The molecule has 5 heteroatoms. The first kappa shape index (κ1) is 24.5. The Labute approximate surface area is 197 Å². The van der Waals surface area contributed by atoms with E-state index in [-0.39, 0.29) is 18.0 Å². The van der Waals surface area contributed by atoms with E-state index >= 15 is 0 Å². The van der Waals surface area contributed by atoms with Gasteiger partial charge in [0.15, 0.2) is 6.61 Å². The number of ether oxygens (including phenoxy) is 2. The van der Waals surface area contributed by atoms with Gasteiger partial charge in [0.05, 0.1) is 6.61 Å². The van der Waals surface area contributed by atoms with E-state index in [4.69, 9.17) is 9.47 Å². The maximum Gasteiger partial charge on any atom is 0.344 e. The van der Waals surface area contributed by atoms with E-state index in [0.29, 0.717) is 12.4 Å². The van der Waals surface area contributed by atoms with Crippen molar-refractivity contribution < 1.29 is 14.3 Å². The molecule has 1 aromatic heterocycles. The molecule has 3 rings (SSSR count). The number of nitrogens with zero attached hydrogens (tertiary/aromatic N) is 2. The number of hydrogen-bond donors (Lipinski definition) is 0. The van der Waals surface area contributed by atoms with Crippen molar-refractivity contribution in [3.05, 3.63) is 95.3 Å². The fraction of sp³-hybridized carbons (Fsp3) is 0.357. The number of aromatic nitrogens is 1. The molecule has 0 radical (unpaired) electrons. The van der Waals surface area contributed by atoms with Gasteiger partial charge in [-0.2, -0.15) is 0 Å². The molecule has 0 aliphatic heterocycles. The molecule has 0 aliphatic carbocycles. The summed E-state index contributed by atoms with van der Waals surface area (Å²) in [6.45, 7) is 11.1. The maximum atomic E-state index is 11.6. The van der Waals surface area contributed by atoms with Crippen molar-refractivity contribution in [3.8, 4) is 5.75 Å². The van der Waals surface area contributed by atoms with Crippen LogP contribution in [0.1, 0.15) is 49.9 Å². The summed E-state index contributed by atoms with van der Waals surface area (Å²) >= 11 is 0. The van der Waals surface area contributed by atoms with Gasteiger partial charge in [-0.3, -0.25) is 9.88 Å². The molecule has 0 fully saturated rings. The van der Waals surface area contributed by atoms with Crippen molar-refractivity contribution in [2.24, 2.45) is 0 Å². The SMILES string of the molecule is CCOC(=O)COc1cccc(CN(Cc2ccc(C(C)(C)C)cc2)Cc2cccnc2)c1. The molecule has 0 spiro atoms. The molecule has 0 saturated heterocycles. The zero-order valence-corrected chi connectivity index (χ0v) is 20.1. The van der Waals surface area contributed by atoms with Gasteiger partial charge in [-0.1, -0.05) is 63.2 Å². The minimum absolute atomic E-state index is 0.0865. The molecular weight excluding hydrogens is 412 g/mol. The Balaban J connectivity index is 1.73. The summed E-state index contributed by atoms with van der Waals surface area (Å²) in [6.07, 6.45) is 3.71. The molecule has 0 saturated carbocycles. The lowest BCUT2D eigenvalue weighted by Crippen LogP contribution is -2.22. The summed E-state index contributed by atoms with van der Waals surface area (Å²) in [5, 5.41) is 0. The Hall–Kier alpha value is -3.18. The Kier molecular flexibility index (Phi) is 8.61. The predicted octanol–water partition coefficient (Wildman–Crippen LogP) is 5.52. The summed E-state index contributed by atoms with van der Waals surface area (Å²) in [7, 11) is 0. The van der Waals surface area contributed by atoms with Crippen LogP contribution in [0.4, 0.5) is 0 Å². The van der Waals surface area contributed by atoms with Crippen LogP contribution in [0.5, 0.6) is 5.75 Å². The highest BCUT2D eigenvalue weighted by Gasteiger charge is 2.14. The minimum Gasteiger partial charge on any atom is -0.482 e. The van der Waals surface area contributed by atoms with E-state index in [2.05, 4.69) is 67.1 Å². The van der Waals surface area contributed by atoms with Gasteiger partial charge in [0.1, 0.15) is 5.75 Å². The number of pyridine rings is 1. The molecule has 0 unspecified atom stereocenters. The second kappa shape index (κ2) is 11.6. The van der Waals surface area contributed by atoms with E-state index in [0.717, 1.165) is 25.2 Å². The molecule has 2 aromatic carbocycles. The van der Waals surface area contributed by atoms with Gasteiger partial charge >= 0.3 is 5.97 Å². The van der Waals surface area contributed by atoms with E-state index in [1.165, 1.54) is 16.7 Å². The first-order chi connectivity index (χ1) is 15.8. The third-order valence-electron chi connectivity index (χ3n) is 5.32. The summed E-state index contributed by atoms with van der Waals surface area (Å²) in [4.78, 5) is 18.3. The first-order valence-electron chi connectivity index (χ1n) is 11.4. The highest BCUT2D eigenvalue weighted by Crippen LogP contribution is 2.23.